The summed E-state index contributed by atoms with van der Waals surface area (Å²) < 4.78 is 9.83. The number of ketones is 1. The van der Waals surface area contributed by atoms with Gasteiger partial charge in [-0.3, -0.25) is 4.79 Å². The van der Waals surface area contributed by atoms with Crippen LogP contribution in [0.15, 0.2) is 48.5 Å². The van der Waals surface area contributed by atoms with Gasteiger partial charge in [0.2, 0.25) is 0 Å². The summed E-state index contributed by atoms with van der Waals surface area (Å²) >= 11 is 0. The van der Waals surface area contributed by atoms with Crippen LogP contribution in [0.4, 0.5) is 0 Å². The molecule has 0 saturated heterocycles. The Morgan fingerprint density at radius 1 is 1.05 bits per heavy atom. The molecule has 0 atom stereocenters. The molecule has 108 valence electrons. The lowest BCUT2D eigenvalue weighted by Crippen LogP contribution is -2.14. The maximum atomic E-state index is 11.9. The molecule has 0 saturated carbocycles. The molecule has 0 radical (unpaired) electrons. The maximum absolute atomic E-state index is 11.9. The van der Waals surface area contributed by atoms with Crippen molar-refractivity contribution in [2.45, 2.75) is 0 Å². The van der Waals surface area contributed by atoms with E-state index in [1.54, 1.807) is 36.4 Å². The molecule has 2 aromatic carbocycles. The van der Waals surface area contributed by atoms with Gasteiger partial charge < -0.3 is 14.6 Å². The van der Waals surface area contributed by atoms with Crippen LogP contribution in [0.1, 0.15) is 20.7 Å². The van der Waals surface area contributed by atoms with E-state index in [9.17, 15) is 14.7 Å². The number of carbonyl (C=O) groups is 2. The number of aromatic hydroxyl groups is 1. The van der Waals surface area contributed by atoms with Crippen LogP contribution in [0.25, 0.3) is 0 Å². The minimum Gasteiger partial charge on any atom is -0.504 e. The van der Waals surface area contributed by atoms with Crippen molar-refractivity contribution < 1.29 is 24.2 Å². The first-order valence-corrected chi connectivity index (χ1v) is 6.25. The number of hydrogen-bond acceptors (Lipinski definition) is 5. The third kappa shape index (κ3) is 3.39. The Hall–Kier alpha value is -2.82. The van der Waals surface area contributed by atoms with Gasteiger partial charge in [0, 0.05) is 5.56 Å². The van der Waals surface area contributed by atoms with Crippen LogP contribution in [-0.4, -0.2) is 30.6 Å². The van der Waals surface area contributed by atoms with Crippen LogP contribution in [0.3, 0.4) is 0 Å². The highest BCUT2D eigenvalue weighted by atomic mass is 16.5. The van der Waals surface area contributed by atoms with Gasteiger partial charge >= 0.3 is 5.97 Å². The molecular weight excluding hydrogens is 272 g/mol. The molecule has 0 fully saturated rings. The number of esters is 1. The van der Waals surface area contributed by atoms with Crippen LogP contribution in [0, 0.1) is 0 Å². The van der Waals surface area contributed by atoms with E-state index in [2.05, 4.69) is 0 Å². The first-order chi connectivity index (χ1) is 10.1. The number of phenols is 1. The standard InChI is InChI=1S/C16H14O5/c1-20-14-9-5-8-12(15(14)18)16(19)21-10-13(17)11-6-3-2-4-7-11/h2-9,18H,10H2,1H3. The Morgan fingerprint density at radius 2 is 1.76 bits per heavy atom. The first kappa shape index (κ1) is 14.6. The van der Waals surface area contributed by atoms with E-state index in [-0.39, 0.29) is 29.5 Å². The Morgan fingerprint density at radius 3 is 2.43 bits per heavy atom. The number of phenolic OH excluding ortho intramolecular Hbond substituents is 1. The average Bonchev–Trinajstić information content (AvgIpc) is 2.53. The number of benzene rings is 2. The Balaban J connectivity index is 2.04. The summed E-state index contributed by atoms with van der Waals surface area (Å²) in [6.07, 6.45) is 0. The van der Waals surface area contributed by atoms with Crippen molar-refractivity contribution >= 4 is 11.8 Å². The van der Waals surface area contributed by atoms with Gasteiger partial charge in [-0.15, -0.1) is 0 Å². The Labute approximate surface area is 121 Å². The van der Waals surface area contributed by atoms with Crippen LogP contribution >= 0.6 is 0 Å². The van der Waals surface area contributed by atoms with Crippen molar-refractivity contribution in [3.05, 3.63) is 59.7 Å². The number of Topliss-reactive ketones (excluding diaryl/α,β-unsaturated/α-hetero) is 1. The Bertz CT molecular complexity index is 649. The van der Waals surface area contributed by atoms with Gasteiger partial charge in [-0.1, -0.05) is 36.4 Å². The van der Waals surface area contributed by atoms with Crippen LogP contribution in [-0.2, 0) is 4.74 Å². The molecule has 1 N–H and O–H groups in total. The fraction of sp³-hybridized carbons (Fsp3) is 0.125. The van der Waals surface area contributed by atoms with Gasteiger partial charge in [-0.25, -0.2) is 4.79 Å². The zero-order valence-electron chi connectivity index (χ0n) is 11.4. The minimum absolute atomic E-state index is 0.0461. The van der Waals surface area contributed by atoms with Crippen molar-refractivity contribution in [1.82, 2.24) is 0 Å². The van der Waals surface area contributed by atoms with E-state index in [1.807, 2.05) is 0 Å². The van der Waals surface area contributed by atoms with E-state index in [1.165, 1.54) is 19.2 Å². The van der Waals surface area contributed by atoms with Crippen LogP contribution in [0.2, 0.25) is 0 Å². The molecule has 0 heterocycles. The van der Waals surface area contributed by atoms with Crippen LogP contribution in [0.5, 0.6) is 11.5 Å². The van der Waals surface area contributed by atoms with E-state index >= 15 is 0 Å². The van der Waals surface area contributed by atoms with E-state index < -0.39 is 5.97 Å². The van der Waals surface area contributed by atoms with Gasteiger partial charge in [0.15, 0.2) is 23.9 Å². The molecule has 0 aliphatic rings. The van der Waals surface area contributed by atoms with Gasteiger partial charge in [0.25, 0.3) is 0 Å². The number of ether oxygens (including phenoxy) is 2. The highest BCUT2D eigenvalue weighted by molar-refractivity contribution is 6.00. The lowest BCUT2D eigenvalue weighted by atomic mass is 10.1. The number of carbonyl (C=O) groups excluding carboxylic acids is 2. The summed E-state index contributed by atoms with van der Waals surface area (Å²) in [6, 6.07) is 13.0. The fourth-order valence-electron chi connectivity index (χ4n) is 1.77. The molecule has 2 aromatic rings. The van der Waals surface area contributed by atoms with E-state index in [0.29, 0.717) is 5.56 Å². The lowest BCUT2D eigenvalue weighted by molar-refractivity contribution is 0.0471. The quantitative estimate of drug-likeness (QED) is 0.675. The van der Waals surface area contributed by atoms with Crippen LogP contribution < -0.4 is 4.74 Å². The number of methoxy groups -OCH3 is 1. The fourth-order valence-corrected chi connectivity index (χ4v) is 1.77. The number of hydrogen-bond donors (Lipinski definition) is 1. The zero-order chi connectivity index (χ0) is 15.2. The molecule has 0 spiro atoms. The molecule has 0 bridgehead atoms. The number of rotatable bonds is 5. The second kappa shape index (κ2) is 6.56. The van der Waals surface area contributed by atoms with E-state index in [4.69, 9.17) is 9.47 Å². The lowest BCUT2D eigenvalue weighted by Gasteiger charge is -2.08. The third-order valence-corrected chi connectivity index (χ3v) is 2.87. The molecule has 0 aromatic heterocycles. The van der Waals surface area contributed by atoms with Gasteiger partial charge in [0.05, 0.1) is 7.11 Å². The summed E-state index contributed by atoms with van der Waals surface area (Å²) in [5, 5.41) is 9.83. The summed E-state index contributed by atoms with van der Waals surface area (Å²) in [5.74, 6) is -1.24. The summed E-state index contributed by atoms with van der Waals surface area (Å²) in [4.78, 5) is 23.7. The molecule has 0 unspecified atom stereocenters. The Kier molecular flexibility index (Phi) is 4.56. The third-order valence-electron chi connectivity index (χ3n) is 2.87. The predicted octanol–water partition coefficient (Wildman–Crippen LogP) is 2.44. The number of para-hydroxylation sites is 1. The largest absolute Gasteiger partial charge is 0.504 e. The van der Waals surface area contributed by atoms with Crippen molar-refractivity contribution in [2.24, 2.45) is 0 Å². The predicted molar refractivity (Wildman–Crippen MR) is 75.7 cm³/mol. The summed E-state index contributed by atoms with van der Waals surface area (Å²) in [5.41, 5.74) is 0.412. The summed E-state index contributed by atoms with van der Waals surface area (Å²) in [7, 11) is 1.38. The molecular formula is C16H14O5. The van der Waals surface area contributed by atoms with Gasteiger partial charge in [-0.05, 0) is 12.1 Å². The molecule has 0 aliphatic heterocycles. The average molecular weight is 286 g/mol. The van der Waals surface area contributed by atoms with E-state index in [0.717, 1.165) is 0 Å². The monoisotopic (exact) mass is 286 g/mol. The molecule has 21 heavy (non-hydrogen) atoms. The molecule has 2 rings (SSSR count). The normalized spacial score (nSPS) is 9.95. The highest BCUT2D eigenvalue weighted by Crippen LogP contribution is 2.29. The molecule has 0 aliphatic carbocycles. The topological polar surface area (TPSA) is 72.8 Å². The second-order valence-electron chi connectivity index (χ2n) is 4.22. The highest BCUT2D eigenvalue weighted by Gasteiger charge is 2.17. The molecule has 0 amide bonds. The minimum atomic E-state index is -0.782. The SMILES string of the molecule is COc1cccc(C(=O)OCC(=O)c2ccccc2)c1O. The first-order valence-electron chi connectivity index (χ1n) is 6.25. The van der Waals surface area contributed by atoms with Crippen molar-refractivity contribution in [3.63, 3.8) is 0 Å². The molecule has 5 nitrogen and oxygen atoms in total. The van der Waals surface area contributed by atoms with Crippen molar-refractivity contribution in [1.29, 1.82) is 0 Å². The maximum Gasteiger partial charge on any atom is 0.342 e. The van der Waals surface area contributed by atoms with Gasteiger partial charge in [0.1, 0.15) is 5.56 Å². The second-order valence-corrected chi connectivity index (χ2v) is 4.22. The smallest absolute Gasteiger partial charge is 0.342 e. The van der Waals surface area contributed by atoms with Gasteiger partial charge in [-0.2, -0.15) is 0 Å². The molecule has 5 heteroatoms. The zero-order valence-corrected chi connectivity index (χ0v) is 11.4. The van der Waals surface area contributed by atoms with Crippen molar-refractivity contribution in [2.75, 3.05) is 13.7 Å². The van der Waals surface area contributed by atoms with Crippen molar-refractivity contribution in [3.8, 4) is 11.5 Å². The summed E-state index contributed by atoms with van der Waals surface area (Å²) in [6.45, 7) is -0.389.